The van der Waals surface area contributed by atoms with Crippen LogP contribution in [0.5, 0.6) is 0 Å². The fourth-order valence-electron chi connectivity index (χ4n) is 2.28. The van der Waals surface area contributed by atoms with Gasteiger partial charge in [0.15, 0.2) is 0 Å². The molecule has 1 saturated heterocycles. The van der Waals surface area contributed by atoms with Crippen LogP contribution in [0.2, 0.25) is 0 Å². The van der Waals surface area contributed by atoms with Crippen molar-refractivity contribution in [3.8, 4) is 0 Å². The van der Waals surface area contributed by atoms with Crippen LogP contribution >= 0.6 is 15.9 Å². The minimum atomic E-state index is 0.693. The first-order chi connectivity index (χ1) is 7.16. The molecule has 0 bridgehead atoms. The lowest BCUT2D eigenvalue weighted by molar-refractivity contribution is 0.601. The number of aryl methyl sites for hydroxylation is 2. The Hall–Kier alpha value is -0.340. The second kappa shape index (κ2) is 4.67. The van der Waals surface area contributed by atoms with Gasteiger partial charge in [-0.2, -0.15) is 0 Å². The van der Waals surface area contributed by atoms with Gasteiger partial charge in [0.1, 0.15) is 0 Å². The van der Waals surface area contributed by atoms with Gasteiger partial charge in [0.25, 0.3) is 0 Å². The minimum absolute atomic E-state index is 0.693. The van der Waals surface area contributed by atoms with Gasteiger partial charge in [-0.05, 0) is 62.4 Å². The average Bonchev–Trinajstić information content (AvgIpc) is 2.67. The zero-order valence-corrected chi connectivity index (χ0v) is 11.0. The van der Waals surface area contributed by atoms with Crippen molar-refractivity contribution in [2.24, 2.45) is 0 Å². The molecule has 82 valence electrons. The SMILES string of the molecule is Cc1cc(C)c(CC2CCCN2)cc1Br. The van der Waals surface area contributed by atoms with Crippen molar-refractivity contribution in [1.29, 1.82) is 0 Å². The molecule has 1 unspecified atom stereocenters. The highest BCUT2D eigenvalue weighted by Crippen LogP contribution is 2.23. The van der Waals surface area contributed by atoms with Crippen LogP contribution in [0.1, 0.15) is 29.5 Å². The molecule has 1 nitrogen and oxygen atoms in total. The maximum absolute atomic E-state index is 3.61. The summed E-state index contributed by atoms with van der Waals surface area (Å²) < 4.78 is 1.24. The molecular formula is C13H18BrN. The van der Waals surface area contributed by atoms with E-state index in [1.54, 1.807) is 0 Å². The monoisotopic (exact) mass is 267 g/mol. The maximum atomic E-state index is 3.61. The Kier molecular flexibility index (Phi) is 3.47. The summed E-state index contributed by atoms with van der Waals surface area (Å²) in [5, 5.41) is 3.55. The maximum Gasteiger partial charge on any atom is 0.0207 e. The molecule has 1 aliphatic rings. The van der Waals surface area contributed by atoms with Gasteiger partial charge in [0, 0.05) is 10.5 Å². The topological polar surface area (TPSA) is 12.0 Å². The van der Waals surface area contributed by atoms with Crippen molar-refractivity contribution in [2.75, 3.05) is 6.54 Å². The van der Waals surface area contributed by atoms with Crippen molar-refractivity contribution < 1.29 is 0 Å². The molecule has 1 fully saturated rings. The fourth-order valence-corrected chi connectivity index (χ4v) is 2.67. The Morgan fingerprint density at radius 1 is 1.33 bits per heavy atom. The first-order valence-electron chi connectivity index (χ1n) is 5.66. The third kappa shape index (κ3) is 2.61. The molecule has 1 heterocycles. The second-order valence-corrected chi connectivity index (χ2v) is 5.38. The Balaban J connectivity index is 2.16. The van der Waals surface area contributed by atoms with Crippen molar-refractivity contribution in [2.45, 2.75) is 39.2 Å². The summed E-state index contributed by atoms with van der Waals surface area (Å²) in [7, 11) is 0. The van der Waals surface area contributed by atoms with Crippen molar-refractivity contribution >= 4 is 15.9 Å². The van der Waals surface area contributed by atoms with Crippen LogP contribution in [0.15, 0.2) is 16.6 Å². The molecule has 0 saturated carbocycles. The summed E-state index contributed by atoms with van der Waals surface area (Å²) in [4.78, 5) is 0. The summed E-state index contributed by atoms with van der Waals surface area (Å²) in [5.74, 6) is 0. The summed E-state index contributed by atoms with van der Waals surface area (Å²) in [6.07, 6.45) is 3.83. The first-order valence-corrected chi connectivity index (χ1v) is 6.45. The van der Waals surface area contributed by atoms with Crippen molar-refractivity contribution in [3.05, 3.63) is 33.3 Å². The van der Waals surface area contributed by atoms with Crippen LogP contribution in [-0.2, 0) is 6.42 Å². The molecule has 1 aliphatic heterocycles. The zero-order chi connectivity index (χ0) is 10.8. The van der Waals surface area contributed by atoms with E-state index >= 15 is 0 Å². The molecule has 15 heavy (non-hydrogen) atoms. The molecular weight excluding hydrogens is 250 g/mol. The van der Waals surface area contributed by atoms with Gasteiger partial charge in [-0.15, -0.1) is 0 Å². The van der Waals surface area contributed by atoms with E-state index in [9.17, 15) is 0 Å². The largest absolute Gasteiger partial charge is 0.314 e. The van der Waals surface area contributed by atoms with Gasteiger partial charge >= 0.3 is 0 Å². The Morgan fingerprint density at radius 3 is 2.80 bits per heavy atom. The van der Waals surface area contributed by atoms with Gasteiger partial charge in [-0.3, -0.25) is 0 Å². The third-order valence-corrected chi connectivity index (χ3v) is 4.10. The lowest BCUT2D eigenvalue weighted by Crippen LogP contribution is -2.24. The smallest absolute Gasteiger partial charge is 0.0207 e. The van der Waals surface area contributed by atoms with Gasteiger partial charge in [0.2, 0.25) is 0 Å². The highest BCUT2D eigenvalue weighted by molar-refractivity contribution is 9.10. The Morgan fingerprint density at radius 2 is 2.13 bits per heavy atom. The number of rotatable bonds is 2. The number of hydrogen-bond donors (Lipinski definition) is 1. The third-order valence-electron chi connectivity index (χ3n) is 3.25. The van der Waals surface area contributed by atoms with E-state index in [1.165, 1.54) is 47.0 Å². The van der Waals surface area contributed by atoms with Gasteiger partial charge in [-0.25, -0.2) is 0 Å². The summed E-state index contributed by atoms with van der Waals surface area (Å²) in [5.41, 5.74) is 4.23. The van der Waals surface area contributed by atoms with E-state index in [0.29, 0.717) is 6.04 Å². The molecule has 0 aromatic heterocycles. The van der Waals surface area contributed by atoms with Gasteiger partial charge in [0.05, 0.1) is 0 Å². The summed E-state index contributed by atoms with van der Waals surface area (Å²) in [6, 6.07) is 5.25. The normalized spacial score (nSPS) is 20.9. The van der Waals surface area contributed by atoms with Crippen LogP contribution in [0.25, 0.3) is 0 Å². The second-order valence-electron chi connectivity index (χ2n) is 4.53. The standard InChI is InChI=1S/C13H18BrN/c1-9-6-10(2)13(14)8-11(9)7-12-4-3-5-15-12/h6,8,12,15H,3-5,7H2,1-2H3. The molecule has 1 N–H and O–H groups in total. The lowest BCUT2D eigenvalue weighted by atomic mass is 9.98. The predicted octanol–water partition coefficient (Wildman–Crippen LogP) is 3.36. The lowest BCUT2D eigenvalue weighted by Gasteiger charge is -2.13. The molecule has 0 aliphatic carbocycles. The van der Waals surface area contributed by atoms with E-state index in [0.717, 1.165) is 0 Å². The van der Waals surface area contributed by atoms with E-state index in [1.807, 2.05) is 0 Å². The molecule has 1 aromatic carbocycles. The van der Waals surface area contributed by atoms with Crippen LogP contribution in [0, 0.1) is 13.8 Å². The van der Waals surface area contributed by atoms with E-state index < -0.39 is 0 Å². The van der Waals surface area contributed by atoms with Crippen LogP contribution in [0.3, 0.4) is 0 Å². The Labute approximate surface area is 100 Å². The molecule has 0 spiro atoms. The Bertz CT molecular complexity index is 354. The average molecular weight is 268 g/mol. The number of hydrogen-bond acceptors (Lipinski definition) is 1. The van der Waals surface area contributed by atoms with Gasteiger partial charge in [-0.1, -0.05) is 22.0 Å². The zero-order valence-electron chi connectivity index (χ0n) is 9.44. The van der Waals surface area contributed by atoms with Crippen LogP contribution < -0.4 is 5.32 Å². The molecule has 1 atom stereocenters. The molecule has 2 heteroatoms. The highest BCUT2D eigenvalue weighted by atomic mass is 79.9. The highest BCUT2D eigenvalue weighted by Gasteiger charge is 2.15. The predicted molar refractivity (Wildman–Crippen MR) is 68.3 cm³/mol. The summed E-state index contributed by atoms with van der Waals surface area (Å²) >= 11 is 3.61. The molecule has 1 aromatic rings. The quantitative estimate of drug-likeness (QED) is 0.867. The van der Waals surface area contributed by atoms with E-state index in [2.05, 4.69) is 47.2 Å². The minimum Gasteiger partial charge on any atom is -0.314 e. The van der Waals surface area contributed by atoms with Crippen LogP contribution in [0.4, 0.5) is 0 Å². The summed E-state index contributed by atoms with van der Waals surface area (Å²) in [6.45, 7) is 5.55. The first kappa shape index (κ1) is 11.2. The number of benzene rings is 1. The fraction of sp³-hybridized carbons (Fsp3) is 0.538. The molecule has 0 radical (unpaired) electrons. The number of halogens is 1. The van der Waals surface area contributed by atoms with Crippen molar-refractivity contribution in [1.82, 2.24) is 5.32 Å². The molecule has 0 amide bonds. The van der Waals surface area contributed by atoms with E-state index in [4.69, 9.17) is 0 Å². The van der Waals surface area contributed by atoms with Crippen LogP contribution in [-0.4, -0.2) is 12.6 Å². The van der Waals surface area contributed by atoms with Crippen molar-refractivity contribution in [3.63, 3.8) is 0 Å². The molecule has 2 rings (SSSR count). The number of nitrogens with one attached hydrogen (secondary N) is 1. The van der Waals surface area contributed by atoms with Gasteiger partial charge < -0.3 is 5.32 Å². The van der Waals surface area contributed by atoms with E-state index in [-0.39, 0.29) is 0 Å².